The van der Waals surface area contributed by atoms with Crippen LogP contribution in [-0.4, -0.2) is 91.1 Å². The number of halogens is 1. The molecule has 58 heavy (non-hydrogen) atoms. The first kappa shape index (κ1) is 36.9. The smallest absolute Gasteiger partial charge is 0.255 e. The number of carbonyl (C=O) groups excluding carboxylic acids is 3. The lowest BCUT2D eigenvalue weighted by Crippen LogP contribution is -2.60. The number of phenols is 1. The van der Waals surface area contributed by atoms with Gasteiger partial charge in [-0.15, -0.1) is 0 Å². The van der Waals surface area contributed by atoms with E-state index in [-0.39, 0.29) is 47.5 Å². The first-order valence-corrected chi connectivity index (χ1v) is 21.0. The van der Waals surface area contributed by atoms with Crippen molar-refractivity contribution in [2.24, 2.45) is 11.3 Å². The van der Waals surface area contributed by atoms with Gasteiger partial charge in [0.2, 0.25) is 11.8 Å². The number of phenolic OH excluding ortho intramolecular Hbond substituents is 1. The number of nitrogens with one attached hydrogen (secondary N) is 1. The maximum absolute atomic E-state index is 15.1. The Morgan fingerprint density at radius 1 is 0.810 bits per heavy atom. The minimum Gasteiger partial charge on any atom is -0.508 e. The van der Waals surface area contributed by atoms with E-state index in [4.69, 9.17) is 4.74 Å². The molecular weight excluding hydrogens is 734 g/mol. The molecule has 0 radical (unpaired) electrons. The number of hydrogen-bond acceptors (Lipinski definition) is 8. The molecule has 0 saturated carbocycles. The molecule has 4 aromatic rings. The fourth-order valence-corrected chi connectivity index (χ4v) is 10.7. The van der Waals surface area contributed by atoms with Crippen molar-refractivity contribution in [2.45, 2.75) is 62.9 Å². The minimum atomic E-state index is -0.590. The highest BCUT2D eigenvalue weighted by molar-refractivity contribution is 6.05. The van der Waals surface area contributed by atoms with E-state index in [1.54, 1.807) is 23.1 Å². The van der Waals surface area contributed by atoms with Crippen LogP contribution in [-0.2, 0) is 16.1 Å². The van der Waals surface area contributed by atoms with Gasteiger partial charge in [-0.2, -0.15) is 0 Å². The summed E-state index contributed by atoms with van der Waals surface area (Å²) >= 11 is 0. The standard InChI is InChI=1S/C47H50FN5O5/c48-40-4-2-1-3-37(40)39-27-58-42-24-35(54)10-12-38(42)44(39)31-5-7-33(8-6-31)51-19-15-30(16-20-51)25-50-21-17-47(18-22-50)28-52(29-47)34-9-11-36-32(23-34)26-53(46(36)57)41-13-14-43(55)49-45(41)56/h1-12,23-24,30,39,41,44,54H,13-22,25-29H2,(H,49,55,56)/t39-,41-,44-/m1/s1. The molecule has 1 spiro atoms. The molecule has 6 aliphatic heterocycles. The van der Waals surface area contributed by atoms with Crippen LogP contribution < -0.4 is 19.9 Å². The van der Waals surface area contributed by atoms with E-state index >= 15 is 4.39 Å². The molecule has 0 unspecified atom stereocenters. The van der Waals surface area contributed by atoms with Crippen molar-refractivity contribution in [3.05, 3.63) is 119 Å². The monoisotopic (exact) mass is 783 g/mol. The Morgan fingerprint density at radius 3 is 2.33 bits per heavy atom. The average Bonchev–Trinajstić information content (AvgIpc) is 3.55. The zero-order chi connectivity index (χ0) is 39.5. The number of imide groups is 1. The summed E-state index contributed by atoms with van der Waals surface area (Å²) in [6.45, 7) is 8.32. The normalized spacial score (nSPS) is 24.6. The van der Waals surface area contributed by atoms with Gasteiger partial charge in [0.05, 0.1) is 6.61 Å². The van der Waals surface area contributed by atoms with E-state index in [0.717, 1.165) is 68.2 Å². The van der Waals surface area contributed by atoms with Crippen molar-refractivity contribution in [2.75, 3.05) is 62.2 Å². The maximum atomic E-state index is 15.1. The van der Waals surface area contributed by atoms with Gasteiger partial charge in [-0.3, -0.25) is 19.7 Å². The maximum Gasteiger partial charge on any atom is 0.255 e. The Bertz CT molecular complexity index is 2240. The predicted molar refractivity (Wildman–Crippen MR) is 219 cm³/mol. The summed E-state index contributed by atoms with van der Waals surface area (Å²) in [5.41, 5.74) is 7.07. The highest BCUT2D eigenvalue weighted by Crippen LogP contribution is 2.48. The van der Waals surface area contributed by atoms with E-state index in [2.05, 4.69) is 56.4 Å². The summed E-state index contributed by atoms with van der Waals surface area (Å²) in [5.74, 6) is 0.220. The van der Waals surface area contributed by atoms with Crippen molar-refractivity contribution in [3.63, 3.8) is 0 Å². The average molecular weight is 784 g/mol. The SMILES string of the molecule is O=C1CC[C@@H](N2Cc3cc(N4CC5(CCN(CC6CCN(c7ccc([C@@H]8c9ccc(O)cc9OC[C@@H]8c8ccccc8F)cc7)CC6)CC5)C4)ccc3C2=O)C(=O)N1. The van der Waals surface area contributed by atoms with Gasteiger partial charge in [0, 0.05) is 91.5 Å². The van der Waals surface area contributed by atoms with E-state index < -0.39 is 6.04 Å². The van der Waals surface area contributed by atoms with E-state index in [0.29, 0.717) is 47.8 Å². The number of aromatic hydroxyl groups is 1. The molecule has 6 heterocycles. The molecule has 11 heteroatoms. The van der Waals surface area contributed by atoms with Gasteiger partial charge >= 0.3 is 0 Å². The molecule has 4 saturated heterocycles. The lowest BCUT2D eigenvalue weighted by atomic mass is 9.71. The topological polar surface area (TPSA) is 106 Å². The molecule has 10 rings (SSSR count). The van der Waals surface area contributed by atoms with E-state index in [1.165, 1.54) is 37.4 Å². The van der Waals surface area contributed by atoms with Gasteiger partial charge in [0.15, 0.2) is 0 Å². The van der Waals surface area contributed by atoms with Gasteiger partial charge < -0.3 is 29.4 Å². The van der Waals surface area contributed by atoms with Crippen LogP contribution in [0.25, 0.3) is 0 Å². The lowest BCUT2D eigenvalue weighted by Gasteiger charge is -2.55. The van der Waals surface area contributed by atoms with Crippen LogP contribution in [0.2, 0.25) is 0 Å². The first-order chi connectivity index (χ1) is 28.2. The third-order valence-corrected chi connectivity index (χ3v) is 14.0. The number of likely N-dealkylation sites (tertiary alicyclic amines) is 1. The predicted octanol–water partition coefficient (Wildman–Crippen LogP) is 6.42. The number of amides is 3. The quantitative estimate of drug-likeness (QED) is 0.207. The van der Waals surface area contributed by atoms with Crippen LogP contribution in [0, 0.1) is 17.2 Å². The second-order valence-corrected chi connectivity index (χ2v) is 17.6. The molecule has 4 fully saturated rings. The molecule has 0 aliphatic carbocycles. The zero-order valence-corrected chi connectivity index (χ0v) is 32.7. The van der Waals surface area contributed by atoms with Crippen molar-refractivity contribution in [1.29, 1.82) is 0 Å². The van der Waals surface area contributed by atoms with Gasteiger partial charge in [0.25, 0.3) is 5.91 Å². The summed E-state index contributed by atoms with van der Waals surface area (Å²) in [6, 6.07) is 26.5. The number of rotatable bonds is 7. The molecule has 10 nitrogen and oxygen atoms in total. The second-order valence-electron chi connectivity index (χ2n) is 17.6. The fourth-order valence-electron chi connectivity index (χ4n) is 10.7. The highest BCUT2D eigenvalue weighted by atomic mass is 19.1. The minimum absolute atomic E-state index is 0.0985. The van der Waals surface area contributed by atoms with Crippen LogP contribution in [0.4, 0.5) is 15.8 Å². The Kier molecular flexibility index (Phi) is 9.38. The molecule has 0 bridgehead atoms. The number of fused-ring (bicyclic) bond motifs is 2. The zero-order valence-electron chi connectivity index (χ0n) is 32.7. The van der Waals surface area contributed by atoms with Gasteiger partial charge in [-0.05, 0) is 110 Å². The fraction of sp³-hybridized carbons (Fsp3) is 0.426. The Morgan fingerprint density at radius 2 is 1.57 bits per heavy atom. The number of hydrogen-bond donors (Lipinski definition) is 2. The number of anilines is 2. The summed E-state index contributed by atoms with van der Waals surface area (Å²) in [5, 5.41) is 12.5. The van der Waals surface area contributed by atoms with Crippen molar-refractivity contribution < 1.29 is 28.6 Å². The number of benzene rings is 4. The number of piperidine rings is 3. The van der Waals surface area contributed by atoms with E-state index in [9.17, 15) is 19.5 Å². The Labute approximate surface area is 338 Å². The third-order valence-electron chi connectivity index (χ3n) is 14.0. The van der Waals surface area contributed by atoms with Crippen LogP contribution in [0.5, 0.6) is 11.5 Å². The third kappa shape index (κ3) is 6.76. The molecule has 4 aromatic carbocycles. The van der Waals surface area contributed by atoms with Crippen LogP contribution in [0.1, 0.15) is 83.0 Å². The van der Waals surface area contributed by atoms with Crippen molar-refractivity contribution >= 4 is 29.1 Å². The van der Waals surface area contributed by atoms with Crippen molar-refractivity contribution in [1.82, 2.24) is 15.1 Å². The Hall–Kier alpha value is -5.42. The van der Waals surface area contributed by atoms with Crippen LogP contribution in [0.3, 0.4) is 0 Å². The highest BCUT2D eigenvalue weighted by Gasteiger charge is 2.46. The molecule has 0 aromatic heterocycles. The molecule has 300 valence electrons. The van der Waals surface area contributed by atoms with Crippen LogP contribution >= 0.6 is 0 Å². The van der Waals surface area contributed by atoms with E-state index in [1.807, 2.05) is 24.3 Å². The summed E-state index contributed by atoms with van der Waals surface area (Å²) in [7, 11) is 0. The summed E-state index contributed by atoms with van der Waals surface area (Å²) < 4.78 is 21.2. The summed E-state index contributed by atoms with van der Waals surface area (Å²) in [6.07, 6.45) is 5.39. The number of carbonyl (C=O) groups is 3. The second kappa shape index (κ2) is 14.8. The first-order valence-electron chi connectivity index (χ1n) is 21.0. The molecule has 6 aliphatic rings. The number of nitrogens with zero attached hydrogens (tertiary/aromatic N) is 4. The summed E-state index contributed by atoms with van der Waals surface area (Å²) in [4.78, 5) is 46.5. The Balaban J connectivity index is 0.710. The molecule has 2 N–H and O–H groups in total. The molecular formula is C47H50FN5O5. The van der Waals surface area contributed by atoms with Gasteiger partial charge in [0.1, 0.15) is 23.4 Å². The number of ether oxygens (including phenoxy) is 1. The lowest BCUT2D eigenvalue weighted by molar-refractivity contribution is -0.136. The van der Waals surface area contributed by atoms with Crippen molar-refractivity contribution in [3.8, 4) is 11.5 Å². The molecule has 3 atom stereocenters. The molecule has 3 amide bonds. The van der Waals surface area contributed by atoms with Crippen LogP contribution in [0.15, 0.2) is 84.9 Å². The van der Waals surface area contributed by atoms with Gasteiger partial charge in [-0.1, -0.05) is 36.4 Å². The van der Waals surface area contributed by atoms with Gasteiger partial charge in [-0.25, -0.2) is 4.39 Å². The largest absolute Gasteiger partial charge is 0.508 e.